The summed E-state index contributed by atoms with van der Waals surface area (Å²) < 4.78 is 16.4. The highest BCUT2D eigenvalue weighted by molar-refractivity contribution is 8.01. The highest BCUT2D eigenvalue weighted by Gasteiger charge is 2.25. The van der Waals surface area contributed by atoms with E-state index in [2.05, 4.69) is 29.9 Å². The maximum atomic E-state index is 10.7. The van der Waals surface area contributed by atoms with Gasteiger partial charge in [-0.05, 0) is 62.0 Å². The Morgan fingerprint density at radius 3 is 2.29 bits per heavy atom. The van der Waals surface area contributed by atoms with Gasteiger partial charge < -0.3 is 14.6 Å². The zero-order chi connectivity index (χ0) is 24.9. The molecular weight excluding hydrogens is 466 g/mol. The molecule has 0 saturated carbocycles. The molecule has 2 unspecified atom stereocenters. The maximum absolute atomic E-state index is 10.7. The molecule has 4 rings (SSSR count). The molecule has 2 atom stereocenters. The molecule has 1 aromatic carbocycles. The number of methoxy groups -OCH3 is 2. The number of aliphatic hydroxyl groups is 1. The Labute approximate surface area is 207 Å². The molecule has 3 heterocycles. The summed E-state index contributed by atoms with van der Waals surface area (Å²) in [5.74, 6) is 2.51. The summed E-state index contributed by atoms with van der Waals surface area (Å²) in [4.78, 5) is 12.8. The highest BCUT2D eigenvalue weighted by Crippen LogP contribution is 2.38. The summed E-state index contributed by atoms with van der Waals surface area (Å²) in [6.45, 7) is 5.74. The van der Waals surface area contributed by atoms with Gasteiger partial charge in [0.05, 0.1) is 19.5 Å². The van der Waals surface area contributed by atoms with E-state index in [0.717, 1.165) is 16.7 Å². The molecule has 4 aromatic rings. The van der Waals surface area contributed by atoms with Crippen molar-refractivity contribution in [3.8, 4) is 28.6 Å². The van der Waals surface area contributed by atoms with Crippen LogP contribution in [0.3, 0.4) is 0 Å². The van der Waals surface area contributed by atoms with Gasteiger partial charge in [0.1, 0.15) is 23.3 Å². The van der Waals surface area contributed by atoms with Crippen LogP contribution in [0.2, 0.25) is 0 Å². The van der Waals surface area contributed by atoms with Crippen molar-refractivity contribution < 1.29 is 14.6 Å². The molecule has 0 radical (unpaired) electrons. The fourth-order valence-electron chi connectivity index (χ4n) is 3.45. The zero-order valence-electron chi connectivity index (χ0n) is 20.1. The standard InChI is InChI=1S/C24H27N7O3S/c1-14-9-17(13-25-10-14)23-28-29-24(31(23)20-18(33-4)7-6-8-19(20)34-5)30-35-16(3)21(32)22-26-11-15(2)12-27-22/h6-13,16,21,32H,1-5H3,(H,29,30). The molecule has 2 N–H and O–H groups in total. The zero-order valence-corrected chi connectivity index (χ0v) is 20.9. The van der Waals surface area contributed by atoms with E-state index >= 15 is 0 Å². The van der Waals surface area contributed by atoms with Gasteiger partial charge in [-0.1, -0.05) is 6.07 Å². The van der Waals surface area contributed by atoms with Crippen molar-refractivity contribution in [2.75, 3.05) is 18.9 Å². The van der Waals surface area contributed by atoms with E-state index in [9.17, 15) is 5.11 Å². The van der Waals surface area contributed by atoms with Crippen molar-refractivity contribution in [2.24, 2.45) is 0 Å². The molecule has 0 amide bonds. The molecule has 0 fully saturated rings. The minimum atomic E-state index is -0.884. The van der Waals surface area contributed by atoms with Crippen molar-refractivity contribution in [1.29, 1.82) is 0 Å². The molecular formula is C24H27N7O3S. The van der Waals surface area contributed by atoms with Gasteiger partial charge >= 0.3 is 0 Å². The molecule has 0 spiro atoms. The molecule has 0 aliphatic rings. The number of anilines is 1. The van der Waals surface area contributed by atoms with Crippen molar-refractivity contribution >= 4 is 17.9 Å². The largest absolute Gasteiger partial charge is 0.494 e. The van der Waals surface area contributed by atoms with Crippen LogP contribution < -0.4 is 14.2 Å². The highest BCUT2D eigenvalue weighted by atomic mass is 32.2. The predicted molar refractivity (Wildman–Crippen MR) is 135 cm³/mol. The van der Waals surface area contributed by atoms with Crippen molar-refractivity contribution in [3.63, 3.8) is 0 Å². The molecule has 0 aliphatic heterocycles. The van der Waals surface area contributed by atoms with Crippen LogP contribution in [0.4, 0.5) is 5.95 Å². The first-order valence-corrected chi connectivity index (χ1v) is 11.8. The number of hydrogen-bond acceptors (Lipinski definition) is 10. The van der Waals surface area contributed by atoms with Crippen LogP contribution in [0.5, 0.6) is 11.5 Å². The smallest absolute Gasteiger partial charge is 0.239 e. The number of nitrogens with zero attached hydrogens (tertiary/aromatic N) is 6. The summed E-state index contributed by atoms with van der Waals surface area (Å²) in [5.41, 5.74) is 3.33. The molecule has 0 saturated heterocycles. The van der Waals surface area contributed by atoms with E-state index in [-0.39, 0.29) is 5.25 Å². The van der Waals surface area contributed by atoms with Gasteiger partial charge in [0.15, 0.2) is 11.6 Å². The number of aliphatic hydroxyl groups excluding tert-OH is 1. The molecule has 0 bridgehead atoms. The van der Waals surface area contributed by atoms with Gasteiger partial charge in [0.25, 0.3) is 0 Å². The van der Waals surface area contributed by atoms with Crippen molar-refractivity contribution in [3.05, 3.63) is 66.0 Å². The fraction of sp³-hybridized carbons (Fsp3) is 0.292. The second-order valence-corrected chi connectivity index (χ2v) is 9.12. The van der Waals surface area contributed by atoms with Crippen LogP contribution in [0.15, 0.2) is 49.1 Å². The quantitative estimate of drug-likeness (QED) is 0.332. The molecule has 10 nitrogen and oxygen atoms in total. The normalized spacial score (nSPS) is 12.7. The van der Waals surface area contributed by atoms with Crippen LogP contribution in [-0.4, -0.2) is 54.3 Å². The third-order valence-corrected chi connectivity index (χ3v) is 6.20. The first kappa shape index (κ1) is 24.4. The number of hydrogen-bond donors (Lipinski definition) is 2. The van der Waals surface area contributed by atoms with E-state index in [4.69, 9.17) is 9.47 Å². The van der Waals surface area contributed by atoms with Crippen LogP contribution >= 0.6 is 11.9 Å². The minimum Gasteiger partial charge on any atom is -0.494 e. The van der Waals surface area contributed by atoms with Crippen LogP contribution in [0.1, 0.15) is 30.0 Å². The van der Waals surface area contributed by atoms with Gasteiger partial charge in [-0.3, -0.25) is 14.3 Å². The average Bonchev–Trinajstić information content (AvgIpc) is 3.30. The third-order valence-electron chi connectivity index (χ3n) is 5.27. The van der Waals surface area contributed by atoms with Gasteiger partial charge in [-0.15, -0.1) is 10.2 Å². The Morgan fingerprint density at radius 2 is 1.66 bits per heavy atom. The van der Waals surface area contributed by atoms with Gasteiger partial charge in [0, 0.05) is 30.4 Å². The number of nitrogens with one attached hydrogen (secondary N) is 1. The van der Waals surface area contributed by atoms with Crippen molar-refractivity contribution in [2.45, 2.75) is 32.1 Å². The lowest BCUT2D eigenvalue weighted by molar-refractivity contribution is 0.169. The first-order chi connectivity index (χ1) is 16.9. The second-order valence-electron chi connectivity index (χ2n) is 7.93. The summed E-state index contributed by atoms with van der Waals surface area (Å²) >= 11 is 1.28. The first-order valence-electron chi connectivity index (χ1n) is 10.9. The molecule has 3 aromatic heterocycles. The second kappa shape index (κ2) is 10.7. The maximum Gasteiger partial charge on any atom is 0.239 e. The van der Waals surface area contributed by atoms with E-state index < -0.39 is 6.10 Å². The average molecular weight is 494 g/mol. The number of ether oxygens (including phenoxy) is 2. The predicted octanol–water partition coefficient (Wildman–Crippen LogP) is 3.94. The Bertz CT molecular complexity index is 1270. The number of para-hydroxylation sites is 1. The van der Waals surface area contributed by atoms with E-state index in [1.807, 2.05) is 49.6 Å². The summed E-state index contributed by atoms with van der Waals surface area (Å²) in [7, 11) is 3.19. The van der Waals surface area contributed by atoms with Gasteiger partial charge in [-0.25, -0.2) is 9.97 Å². The monoisotopic (exact) mass is 493 g/mol. The molecule has 0 aliphatic carbocycles. The minimum absolute atomic E-state index is 0.300. The van der Waals surface area contributed by atoms with Crippen molar-refractivity contribution in [1.82, 2.24) is 29.7 Å². The third kappa shape index (κ3) is 5.20. The van der Waals surface area contributed by atoms with E-state index in [0.29, 0.717) is 34.8 Å². The SMILES string of the molecule is COc1cccc(OC)c1-n1c(NSC(C)C(O)c2ncc(C)cn2)nnc1-c1cncc(C)c1. The Morgan fingerprint density at radius 1 is 0.971 bits per heavy atom. The number of aryl methyl sites for hydroxylation is 2. The van der Waals surface area contributed by atoms with Crippen LogP contribution in [0, 0.1) is 13.8 Å². The lowest BCUT2D eigenvalue weighted by Gasteiger charge is -2.20. The summed E-state index contributed by atoms with van der Waals surface area (Å²) in [5, 5.41) is 19.3. The summed E-state index contributed by atoms with van der Waals surface area (Å²) in [6, 6.07) is 7.51. The van der Waals surface area contributed by atoms with Gasteiger partial charge in [0.2, 0.25) is 5.95 Å². The van der Waals surface area contributed by atoms with E-state index in [1.165, 1.54) is 11.9 Å². The Balaban J connectivity index is 1.72. The van der Waals surface area contributed by atoms with Gasteiger partial charge in [-0.2, -0.15) is 0 Å². The number of pyridine rings is 1. The Hall–Kier alpha value is -3.70. The van der Waals surface area contributed by atoms with Crippen LogP contribution in [0.25, 0.3) is 17.1 Å². The number of rotatable bonds is 9. The molecule has 35 heavy (non-hydrogen) atoms. The lowest BCUT2D eigenvalue weighted by atomic mass is 10.2. The lowest BCUT2D eigenvalue weighted by Crippen LogP contribution is -2.17. The number of aromatic nitrogens is 6. The Kier molecular flexibility index (Phi) is 7.47. The van der Waals surface area contributed by atoms with E-state index in [1.54, 1.807) is 39.0 Å². The molecule has 182 valence electrons. The molecule has 11 heteroatoms. The summed E-state index contributed by atoms with van der Waals surface area (Å²) in [6.07, 6.45) is 5.99. The fourth-order valence-corrected chi connectivity index (χ4v) is 4.13. The number of benzene rings is 1. The van der Waals surface area contributed by atoms with Crippen LogP contribution in [-0.2, 0) is 0 Å². The topological polar surface area (TPSA) is 120 Å².